The van der Waals surface area contributed by atoms with E-state index in [1.165, 1.54) is 12.8 Å². The molecule has 1 aromatic heterocycles. The fourth-order valence-electron chi connectivity index (χ4n) is 3.00. The SMILES string of the molecule is COC1(C(NN)c2cnn(C)c2)CCC(C)CC1. The van der Waals surface area contributed by atoms with E-state index in [-0.39, 0.29) is 11.6 Å². The monoisotopic (exact) mass is 252 g/mol. The minimum Gasteiger partial charge on any atom is -0.376 e. The van der Waals surface area contributed by atoms with Crippen LogP contribution in [0.2, 0.25) is 0 Å². The Morgan fingerprint density at radius 3 is 2.67 bits per heavy atom. The zero-order valence-electron chi connectivity index (χ0n) is 11.5. The van der Waals surface area contributed by atoms with Crippen molar-refractivity contribution >= 4 is 0 Å². The van der Waals surface area contributed by atoms with Gasteiger partial charge in [0.1, 0.15) is 0 Å². The number of nitrogens with one attached hydrogen (secondary N) is 1. The lowest BCUT2D eigenvalue weighted by atomic mass is 9.74. The van der Waals surface area contributed by atoms with E-state index in [9.17, 15) is 0 Å². The molecule has 0 aliphatic heterocycles. The second-order valence-electron chi connectivity index (χ2n) is 5.50. The number of hydrazine groups is 1. The highest BCUT2D eigenvalue weighted by molar-refractivity contribution is 5.16. The Kier molecular flexibility index (Phi) is 4.04. The molecule has 0 amide bonds. The molecule has 102 valence electrons. The van der Waals surface area contributed by atoms with Crippen LogP contribution in [0.4, 0.5) is 0 Å². The maximum atomic E-state index is 5.86. The first-order valence-corrected chi connectivity index (χ1v) is 6.61. The van der Waals surface area contributed by atoms with Crippen molar-refractivity contribution in [3.63, 3.8) is 0 Å². The van der Waals surface area contributed by atoms with Crippen LogP contribution >= 0.6 is 0 Å². The van der Waals surface area contributed by atoms with Gasteiger partial charge in [0.15, 0.2) is 0 Å². The first kappa shape index (κ1) is 13.5. The van der Waals surface area contributed by atoms with E-state index in [1.54, 1.807) is 11.8 Å². The van der Waals surface area contributed by atoms with Crippen LogP contribution in [0.3, 0.4) is 0 Å². The van der Waals surface area contributed by atoms with E-state index in [2.05, 4.69) is 17.4 Å². The van der Waals surface area contributed by atoms with Gasteiger partial charge < -0.3 is 4.74 Å². The largest absolute Gasteiger partial charge is 0.376 e. The number of hydrogen-bond donors (Lipinski definition) is 2. The normalized spacial score (nSPS) is 30.3. The van der Waals surface area contributed by atoms with Crippen LogP contribution in [0, 0.1) is 5.92 Å². The number of ether oxygens (including phenoxy) is 1. The second-order valence-corrected chi connectivity index (χ2v) is 5.50. The van der Waals surface area contributed by atoms with E-state index in [1.807, 2.05) is 19.4 Å². The van der Waals surface area contributed by atoms with Crippen LogP contribution in [0.15, 0.2) is 12.4 Å². The predicted molar refractivity (Wildman–Crippen MR) is 70.6 cm³/mol. The van der Waals surface area contributed by atoms with Crippen LogP contribution in [0.5, 0.6) is 0 Å². The Balaban J connectivity index is 2.23. The second kappa shape index (κ2) is 5.38. The maximum absolute atomic E-state index is 5.86. The maximum Gasteiger partial charge on any atom is 0.0886 e. The molecule has 1 aliphatic rings. The van der Waals surface area contributed by atoms with Gasteiger partial charge in [0, 0.05) is 25.9 Å². The Morgan fingerprint density at radius 2 is 2.22 bits per heavy atom. The summed E-state index contributed by atoms with van der Waals surface area (Å²) in [6, 6.07) is 0.00343. The van der Waals surface area contributed by atoms with Gasteiger partial charge in [-0.25, -0.2) is 5.43 Å². The van der Waals surface area contributed by atoms with Crippen molar-refractivity contribution in [2.75, 3.05) is 7.11 Å². The standard InChI is InChI=1S/C13H24N4O/c1-10-4-6-13(18-3,7-5-10)12(16-14)11-8-15-17(2)9-11/h8-10,12,16H,4-7,14H2,1-3H3. The number of aryl methyl sites for hydroxylation is 1. The van der Waals surface area contributed by atoms with Crippen molar-refractivity contribution < 1.29 is 4.74 Å². The van der Waals surface area contributed by atoms with Gasteiger partial charge in [-0.1, -0.05) is 6.92 Å². The molecule has 5 heteroatoms. The number of methoxy groups -OCH3 is 1. The minimum atomic E-state index is -0.204. The molecule has 3 N–H and O–H groups in total. The Morgan fingerprint density at radius 1 is 1.56 bits per heavy atom. The molecular weight excluding hydrogens is 228 g/mol. The molecule has 0 spiro atoms. The van der Waals surface area contributed by atoms with Gasteiger partial charge in [0.25, 0.3) is 0 Å². The van der Waals surface area contributed by atoms with Crippen molar-refractivity contribution in [3.05, 3.63) is 18.0 Å². The zero-order chi connectivity index (χ0) is 13.2. The third kappa shape index (κ3) is 2.43. The van der Waals surface area contributed by atoms with Crippen LogP contribution in [0.1, 0.15) is 44.2 Å². The first-order chi connectivity index (χ1) is 8.61. The number of nitrogens with two attached hydrogens (primary N) is 1. The van der Waals surface area contributed by atoms with Gasteiger partial charge >= 0.3 is 0 Å². The average Bonchev–Trinajstić information content (AvgIpc) is 2.79. The van der Waals surface area contributed by atoms with Gasteiger partial charge in [-0.15, -0.1) is 0 Å². The average molecular weight is 252 g/mol. The van der Waals surface area contributed by atoms with E-state index < -0.39 is 0 Å². The number of hydrogen-bond acceptors (Lipinski definition) is 4. The molecule has 5 nitrogen and oxygen atoms in total. The quantitative estimate of drug-likeness (QED) is 0.630. The molecular formula is C13H24N4O. The molecule has 0 saturated heterocycles. The molecule has 1 saturated carbocycles. The summed E-state index contributed by atoms with van der Waals surface area (Å²) in [6.07, 6.45) is 8.31. The summed E-state index contributed by atoms with van der Waals surface area (Å²) in [5.41, 5.74) is 3.82. The summed E-state index contributed by atoms with van der Waals surface area (Å²) >= 11 is 0. The first-order valence-electron chi connectivity index (χ1n) is 6.61. The Labute approximate surface area is 109 Å². The summed E-state index contributed by atoms with van der Waals surface area (Å²) in [5.74, 6) is 6.55. The van der Waals surface area contributed by atoms with E-state index >= 15 is 0 Å². The van der Waals surface area contributed by atoms with Crippen LogP contribution in [0.25, 0.3) is 0 Å². The molecule has 18 heavy (non-hydrogen) atoms. The molecule has 1 fully saturated rings. The molecule has 0 bridgehead atoms. The van der Waals surface area contributed by atoms with Gasteiger partial charge in [-0.3, -0.25) is 10.5 Å². The van der Waals surface area contributed by atoms with Crippen molar-refractivity contribution in [1.29, 1.82) is 0 Å². The van der Waals surface area contributed by atoms with Crippen LogP contribution in [-0.4, -0.2) is 22.5 Å². The topological polar surface area (TPSA) is 65.1 Å². The molecule has 1 unspecified atom stereocenters. The molecule has 2 rings (SSSR count). The van der Waals surface area contributed by atoms with Gasteiger partial charge in [0.05, 0.1) is 17.8 Å². The highest BCUT2D eigenvalue weighted by Crippen LogP contribution is 2.42. The highest BCUT2D eigenvalue weighted by Gasteiger charge is 2.42. The summed E-state index contributed by atoms with van der Waals surface area (Å²) in [5, 5.41) is 4.23. The predicted octanol–water partition coefficient (Wildman–Crippen LogP) is 1.52. The third-order valence-electron chi connectivity index (χ3n) is 4.28. The highest BCUT2D eigenvalue weighted by atomic mass is 16.5. The van der Waals surface area contributed by atoms with Gasteiger partial charge in [-0.05, 0) is 31.6 Å². The minimum absolute atomic E-state index is 0.00343. The van der Waals surface area contributed by atoms with Crippen molar-refractivity contribution in [3.8, 4) is 0 Å². The summed E-state index contributed by atoms with van der Waals surface area (Å²) in [7, 11) is 3.70. The Hall–Kier alpha value is -0.910. The fraction of sp³-hybridized carbons (Fsp3) is 0.769. The number of nitrogens with zero attached hydrogens (tertiary/aromatic N) is 2. The Bertz CT molecular complexity index is 382. The molecule has 1 atom stereocenters. The lowest BCUT2D eigenvalue weighted by Gasteiger charge is -2.43. The summed E-state index contributed by atoms with van der Waals surface area (Å²) in [4.78, 5) is 0. The van der Waals surface area contributed by atoms with Crippen LogP contribution < -0.4 is 11.3 Å². The van der Waals surface area contributed by atoms with E-state index in [0.29, 0.717) is 0 Å². The van der Waals surface area contributed by atoms with E-state index in [0.717, 1.165) is 24.3 Å². The smallest absolute Gasteiger partial charge is 0.0886 e. The third-order valence-corrected chi connectivity index (χ3v) is 4.28. The lowest BCUT2D eigenvalue weighted by molar-refractivity contribution is -0.0761. The van der Waals surface area contributed by atoms with Crippen LogP contribution in [-0.2, 0) is 11.8 Å². The van der Waals surface area contributed by atoms with Crippen molar-refractivity contribution in [1.82, 2.24) is 15.2 Å². The zero-order valence-corrected chi connectivity index (χ0v) is 11.5. The molecule has 1 aliphatic carbocycles. The van der Waals surface area contributed by atoms with Crippen molar-refractivity contribution in [2.45, 2.75) is 44.2 Å². The fourth-order valence-corrected chi connectivity index (χ4v) is 3.00. The van der Waals surface area contributed by atoms with Gasteiger partial charge in [0.2, 0.25) is 0 Å². The molecule has 0 aromatic carbocycles. The summed E-state index contributed by atoms with van der Waals surface area (Å²) in [6.45, 7) is 2.30. The van der Waals surface area contributed by atoms with E-state index in [4.69, 9.17) is 10.6 Å². The molecule has 0 radical (unpaired) electrons. The molecule has 1 heterocycles. The van der Waals surface area contributed by atoms with Gasteiger partial charge in [-0.2, -0.15) is 5.10 Å². The number of rotatable bonds is 4. The number of aromatic nitrogens is 2. The van der Waals surface area contributed by atoms with Crippen molar-refractivity contribution in [2.24, 2.45) is 18.8 Å². The summed E-state index contributed by atoms with van der Waals surface area (Å²) < 4.78 is 7.66. The lowest BCUT2D eigenvalue weighted by Crippen LogP contribution is -2.49. The molecule has 1 aromatic rings.